The zero-order valence-electron chi connectivity index (χ0n) is 11.5. The molecule has 0 spiro atoms. The number of anilines is 1. The lowest BCUT2D eigenvalue weighted by Gasteiger charge is -2.09. The van der Waals surface area contributed by atoms with E-state index >= 15 is 0 Å². The van der Waals surface area contributed by atoms with Crippen LogP contribution in [0.2, 0.25) is 0 Å². The number of ketones is 1. The normalized spacial score (nSPS) is 14.7. The maximum Gasteiger partial charge on any atom is 0.337 e. The molecule has 6 nitrogen and oxygen atoms in total. The maximum atomic E-state index is 11.9. The standard InChI is InChI=1S/C15H14N2O4/c1-21-15(20)10-4-6-11(7-5-10)17-14(19)12(8-16)13(18)9-2-3-9/h4-7,9,12H,2-3H2,1H3,(H,17,19). The van der Waals surface area contributed by atoms with E-state index in [1.807, 2.05) is 0 Å². The van der Waals surface area contributed by atoms with E-state index in [1.54, 1.807) is 6.07 Å². The lowest BCUT2D eigenvalue weighted by atomic mass is 10.0. The van der Waals surface area contributed by atoms with Crippen LogP contribution in [0.4, 0.5) is 5.69 Å². The minimum absolute atomic E-state index is 0.151. The van der Waals surface area contributed by atoms with Crippen LogP contribution in [0, 0.1) is 23.2 Å². The first kappa shape index (κ1) is 14.7. The molecule has 0 radical (unpaired) electrons. The molecule has 1 atom stereocenters. The Labute approximate surface area is 121 Å². The number of nitrogens with one attached hydrogen (secondary N) is 1. The number of carbonyl (C=O) groups is 3. The summed E-state index contributed by atoms with van der Waals surface area (Å²) in [6.45, 7) is 0. The van der Waals surface area contributed by atoms with Gasteiger partial charge >= 0.3 is 5.97 Å². The van der Waals surface area contributed by atoms with Gasteiger partial charge in [-0.1, -0.05) is 0 Å². The van der Waals surface area contributed by atoms with E-state index in [0.29, 0.717) is 11.3 Å². The number of esters is 1. The van der Waals surface area contributed by atoms with E-state index in [1.165, 1.54) is 31.4 Å². The van der Waals surface area contributed by atoms with Crippen molar-refractivity contribution < 1.29 is 19.1 Å². The van der Waals surface area contributed by atoms with Crippen molar-refractivity contribution in [3.63, 3.8) is 0 Å². The highest BCUT2D eigenvalue weighted by Crippen LogP contribution is 2.32. The topological polar surface area (TPSA) is 96.3 Å². The molecule has 1 N–H and O–H groups in total. The van der Waals surface area contributed by atoms with Crippen LogP contribution in [0.25, 0.3) is 0 Å². The first-order valence-corrected chi connectivity index (χ1v) is 6.49. The molecule has 1 aromatic rings. The number of nitriles is 1. The zero-order chi connectivity index (χ0) is 15.4. The van der Waals surface area contributed by atoms with E-state index < -0.39 is 17.8 Å². The van der Waals surface area contributed by atoms with Gasteiger partial charge in [0.25, 0.3) is 0 Å². The van der Waals surface area contributed by atoms with E-state index in [0.717, 1.165) is 12.8 Å². The van der Waals surface area contributed by atoms with Gasteiger partial charge in [0.15, 0.2) is 11.7 Å². The number of rotatable bonds is 5. The van der Waals surface area contributed by atoms with Crippen molar-refractivity contribution in [2.75, 3.05) is 12.4 Å². The quantitative estimate of drug-likeness (QED) is 0.654. The zero-order valence-corrected chi connectivity index (χ0v) is 11.5. The predicted octanol–water partition coefficient (Wildman–Crippen LogP) is 1.53. The number of hydrogen-bond donors (Lipinski definition) is 1. The molecular weight excluding hydrogens is 272 g/mol. The third-order valence-corrected chi connectivity index (χ3v) is 3.23. The number of ether oxygens (including phenoxy) is 1. The minimum atomic E-state index is -1.28. The molecule has 21 heavy (non-hydrogen) atoms. The molecule has 108 valence electrons. The molecule has 1 aliphatic carbocycles. The Morgan fingerprint density at radius 3 is 2.38 bits per heavy atom. The average molecular weight is 286 g/mol. The van der Waals surface area contributed by atoms with Gasteiger partial charge in [0.1, 0.15) is 0 Å². The van der Waals surface area contributed by atoms with Crippen LogP contribution in [-0.4, -0.2) is 24.8 Å². The van der Waals surface area contributed by atoms with Crippen LogP contribution >= 0.6 is 0 Å². The lowest BCUT2D eigenvalue weighted by molar-refractivity contribution is -0.129. The summed E-state index contributed by atoms with van der Waals surface area (Å²) in [5.41, 5.74) is 0.762. The van der Waals surface area contributed by atoms with Crippen LogP contribution in [0.3, 0.4) is 0 Å². The fraction of sp³-hybridized carbons (Fsp3) is 0.333. The third kappa shape index (κ3) is 3.45. The Morgan fingerprint density at radius 1 is 1.29 bits per heavy atom. The molecule has 0 aliphatic heterocycles. The molecular formula is C15H14N2O4. The van der Waals surface area contributed by atoms with Crippen molar-refractivity contribution in [1.29, 1.82) is 5.26 Å². The highest BCUT2D eigenvalue weighted by atomic mass is 16.5. The molecule has 0 bridgehead atoms. The summed E-state index contributed by atoms with van der Waals surface area (Å²) in [4.78, 5) is 35.0. The van der Waals surface area contributed by atoms with Gasteiger partial charge in [-0.2, -0.15) is 5.26 Å². The van der Waals surface area contributed by atoms with Crippen LogP contribution in [0.1, 0.15) is 23.2 Å². The fourth-order valence-corrected chi connectivity index (χ4v) is 1.88. The second kappa shape index (κ2) is 6.18. The Hall–Kier alpha value is -2.68. The average Bonchev–Trinajstić information content (AvgIpc) is 3.32. The minimum Gasteiger partial charge on any atom is -0.465 e. The lowest BCUT2D eigenvalue weighted by Crippen LogP contribution is -2.29. The Bertz CT molecular complexity index is 612. The van der Waals surface area contributed by atoms with E-state index in [-0.39, 0.29) is 11.7 Å². The number of hydrogen-bond acceptors (Lipinski definition) is 5. The highest BCUT2D eigenvalue weighted by molar-refractivity contribution is 6.10. The first-order chi connectivity index (χ1) is 10.1. The monoisotopic (exact) mass is 286 g/mol. The van der Waals surface area contributed by atoms with Crippen LogP contribution in [-0.2, 0) is 14.3 Å². The molecule has 0 saturated heterocycles. The van der Waals surface area contributed by atoms with E-state index in [9.17, 15) is 14.4 Å². The maximum absolute atomic E-state index is 11.9. The van der Waals surface area contributed by atoms with Gasteiger partial charge < -0.3 is 10.1 Å². The second-order valence-electron chi connectivity index (χ2n) is 4.80. The second-order valence-corrected chi connectivity index (χ2v) is 4.80. The number of methoxy groups -OCH3 is 1. The Balaban J connectivity index is 2.03. The summed E-state index contributed by atoms with van der Waals surface area (Å²) < 4.78 is 4.56. The SMILES string of the molecule is COC(=O)c1ccc(NC(=O)C(C#N)C(=O)C2CC2)cc1. The summed E-state index contributed by atoms with van der Waals surface area (Å²) >= 11 is 0. The van der Waals surface area contributed by atoms with Crippen molar-refractivity contribution in [2.45, 2.75) is 12.8 Å². The summed E-state index contributed by atoms with van der Waals surface area (Å²) in [5.74, 6) is -2.87. The van der Waals surface area contributed by atoms with Crippen LogP contribution < -0.4 is 5.32 Å². The van der Waals surface area contributed by atoms with Crippen molar-refractivity contribution in [3.8, 4) is 6.07 Å². The fourth-order valence-electron chi connectivity index (χ4n) is 1.88. The third-order valence-electron chi connectivity index (χ3n) is 3.23. The number of carbonyl (C=O) groups excluding carboxylic acids is 3. The molecule has 1 amide bonds. The van der Waals surface area contributed by atoms with Gasteiger partial charge in [0.05, 0.1) is 18.7 Å². The molecule has 0 aromatic heterocycles. The molecule has 1 unspecified atom stereocenters. The van der Waals surface area contributed by atoms with Gasteiger partial charge in [0.2, 0.25) is 5.91 Å². The van der Waals surface area contributed by atoms with E-state index in [2.05, 4.69) is 10.1 Å². The molecule has 1 aliphatic rings. The number of nitrogens with zero attached hydrogens (tertiary/aromatic N) is 1. The first-order valence-electron chi connectivity index (χ1n) is 6.49. The van der Waals surface area contributed by atoms with Gasteiger partial charge in [-0.15, -0.1) is 0 Å². The van der Waals surface area contributed by atoms with Gasteiger partial charge in [-0.05, 0) is 37.1 Å². The van der Waals surface area contributed by atoms with E-state index in [4.69, 9.17) is 5.26 Å². The van der Waals surface area contributed by atoms with Crippen molar-refractivity contribution in [1.82, 2.24) is 0 Å². The Morgan fingerprint density at radius 2 is 1.90 bits per heavy atom. The smallest absolute Gasteiger partial charge is 0.337 e. The number of Topliss-reactive ketones (excluding diaryl/α,β-unsaturated/α-hetero) is 1. The predicted molar refractivity (Wildman–Crippen MR) is 73.2 cm³/mol. The van der Waals surface area contributed by atoms with Crippen LogP contribution in [0.5, 0.6) is 0 Å². The largest absolute Gasteiger partial charge is 0.465 e. The van der Waals surface area contributed by atoms with Gasteiger partial charge in [0, 0.05) is 11.6 Å². The molecule has 1 fully saturated rings. The molecule has 1 saturated carbocycles. The summed E-state index contributed by atoms with van der Waals surface area (Å²) in [7, 11) is 1.28. The molecule has 6 heteroatoms. The number of benzene rings is 1. The van der Waals surface area contributed by atoms with Crippen LogP contribution in [0.15, 0.2) is 24.3 Å². The summed E-state index contributed by atoms with van der Waals surface area (Å²) in [5, 5.41) is 11.5. The van der Waals surface area contributed by atoms with Crippen molar-refractivity contribution in [3.05, 3.63) is 29.8 Å². The van der Waals surface area contributed by atoms with Crippen molar-refractivity contribution in [2.24, 2.45) is 11.8 Å². The summed E-state index contributed by atoms with van der Waals surface area (Å²) in [6, 6.07) is 7.76. The molecule has 2 rings (SSSR count). The molecule has 0 heterocycles. The highest BCUT2D eigenvalue weighted by Gasteiger charge is 2.38. The van der Waals surface area contributed by atoms with Gasteiger partial charge in [-0.25, -0.2) is 4.79 Å². The summed E-state index contributed by atoms with van der Waals surface area (Å²) in [6.07, 6.45) is 1.50. The Kier molecular flexibility index (Phi) is 4.33. The molecule has 1 aromatic carbocycles. The number of amides is 1. The van der Waals surface area contributed by atoms with Crippen molar-refractivity contribution >= 4 is 23.3 Å². The van der Waals surface area contributed by atoms with Gasteiger partial charge in [-0.3, -0.25) is 9.59 Å².